The molecule has 1 amide bonds. The maximum Gasteiger partial charge on any atom is 0.267 e. The average molecular weight is 181 g/mol. The van der Waals surface area contributed by atoms with Gasteiger partial charge in [-0.2, -0.15) is 0 Å². The monoisotopic (exact) mass is 181 g/mol. The highest BCUT2D eigenvalue weighted by Gasteiger charge is 2.27. The molecule has 0 aliphatic carbocycles. The third-order valence-corrected chi connectivity index (χ3v) is 2.03. The van der Waals surface area contributed by atoms with Gasteiger partial charge in [-0.15, -0.1) is 0 Å². The van der Waals surface area contributed by atoms with Crippen molar-refractivity contribution in [3.8, 4) is 5.88 Å². The van der Waals surface area contributed by atoms with Crippen LogP contribution in [0.1, 0.15) is 0 Å². The number of hydrogen-bond acceptors (Lipinski definition) is 3. The van der Waals surface area contributed by atoms with E-state index in [2.05, 4.69) is 5.32 Å². The van der Waals surface area contributed by atoms with E-state index in [1.165, 1.54) is 0 Å². The zero-order valence-electron chi connectivity index (χ0n) is 7.28. The minimum absolute atomic E-state index is 0.179. The fourth-order valence-electron chi connectivity index (χ4n) is 1.31. The second-order valence-corrected chi connectivity index (χ2v) is 2.98. The van der Waals surface area contributed by atoms with E-state index in [0.29, 0.717) is 11.6 Å². The molecular weight excluding hydrogens is 170 g/mol. The average Bonchev–Trinajstić information content (AvgIpc) is 2.46. The van der Waals surface area contributed by atoms with Gasteiger partial charge in [0.2, 0.25) is 5.88 Å². The number of nitrogens with zero attached hydrogens (tertiary/aromatic N) is 1. The molecule has 2 rings (SSSR count). The Bertz CT molecular complexity index is 345. The lowest BCUT2D eigenvalue weighted by Crippen LogP contribution is -2.42. The summed E-state index contributed by atoms with van der Waals surface area (Å²) in [5.41, 5.74) is 6.08. The van der Waals surface area contributed by atoms with Crippen molar-refractivity contribution in [2.45, 2.75) is 6.10 Å². The van der Waals surface area contributed by atoms with E-state index in [9.17, 15) is 4.79 Å². The zero-order chi connectivity index (χ0) is 9.42. The van der Waals surface area contributed by atoms with E-state index < -0.39 is 6.10 Å². The van der Waals surface area contributed by atoms with Crippen LogP contribution in [0.3, 0.4) is 0 Å². The summed E-state index contributed by atoms with van der Waals surface area (Å²) in [7, 11) is 1.85. The standard InChI is InChI=1S/C8H11N3O2/c1-11-3-2-5-8(11)13-6(4-9)7(12)10-5/h2-3,6H,4,9H2,1H3,(H,10,12). The molecule has 5 heteroatoms. The van der Waals surface area contributed by atoms with Gasteiger partial charge in [0.1, 0.15) is 5.69 Å². The molecule has 1 aromatic rings. The quantitative estimate of drug-likeness (QED) is 0.624. The Labute approximate surface area is 75.5 Å². The lowest BCUT2D eigenvalue weighted by molar-refractivity contribution is -0.123. The number of aryl methyl sites for hydroxylation is 1. The first-order valence-corrected chi connectivity index (χ1v) is 4.05. The fourth-order valence-corrected chi connectivity index (χ4v) is 1.31. The number of aromatic nitrogens is 1. The normalized spacial score (nSPS) is 20.5. The molecule has 1 atom stereocenters. The van der Waals surface area contributed by atoms with Crippen LogP contribution in [0, 0.1) is 0 Å². The highest BCUT2D eigenvalue weighted by Crippen LogP contribution is 2.29. The van der Waals surface area contributed by atoms with Gasteiger partial charge in [0.15, 0.2) is 6.10 Å². The lowest BCUT2D eigenvalue weighted by atomic mass is 10.3. The van der Waals surface area contributed by atoms with Crippen LogP contribution in [-0.2, 0) is 11.8 Å². The predicted octanol–water partition coefficient (Wildman–Crippen LogP) is -0.317. The third-order valence-electron chi connectivity index (χ3n) is 2.03. The van der Waals surface area contributed by atoms with Crippen molar-refractivity contribution in [3.05, 3.63) is 12.3 Å². The van der Waals surface area contributed by atoms with Crippen LogP contribution in [0.4, 0.5) is 5.69 Å². The van der Waals surface area contributed by atoms with E-state index in [-0.39, 0.29) is 12.5 Å². The molecule has 0 saturated carbocycles. The first-order valence-electron chi connectivity index (χ1n) is 4.05. The molecule has 70 valence electrons. The summed E-state index contributed by atoms with van der Waals surface area (Å²) in [6, 6.07) is 1.79. The van der Waals surface area contributed by atoms with Gasteiger partial charge in [0, 0.05) is 19.8 Å². The SMILES string of the molecule is Cn1ccc2c1OC(CN)C(=O)N2. The van der Waals surface area contributed by atoms with Crippen LogP contribution < -0.4 is 15.8 Å². The highest BCUT2D eigenvalue weighted by molar-refractivity contribution is 5.97. The van der Waals surface area contributed by atoms with Crippen molar-refractivity contribution in [2.75, 3.05) is 11.9 Å². The maximum atomic E-state index is 11.3. The van der Waals surface area contributed by atoms with Crippen molar-refractivity contribution >= 4 is 11.6 Å². The molecule has 0 saturated heterocycles. The summed E-state index contributed by atoms with van der Waals surface area (Å²) in [6.45, 7) is 0.191. The minimum atomic E-state index is -0.568. The van der Waals surface area contributed by atoms with E-state index in [1.807, 2.05) is 13.2 Å². The number of hydrogen-bond donors (Lipinski definition) is 2. The van der Waals surface area contributed by atoms with Crippen LogP contribution in [0.2, 0.25) is 0 Å². The molecule has 0 fully saturated rings. The molecule has 1 unspecified atom stereocenters. The molecule has 1 aromatic heterocycles. The number of nitrogens with one attached hydrogen (secondary N) is 1. The lowest BCUT2D eigenvalue weighted by Gasteiger charge is -2.23. The van der Waals surface area contributed by atoms with Crippen molar-refractivity contribution in [2.24, 2.45) is 12.8 Å². The molecule has 2 heterocycles. The number of rotatable bonds is 1. The number of carbonyl (C=O) groups excluding carboxylic acids is 1. The van der Waals surface area contributed by atoms with E-state index in [0.717, 1.165) is 0 Å². The molecule has 3 N–H and O–H groups in total. The van der Waals surface area contributed by atoms with Crippen LogP contribution in [0.15, 0.2) is 12.3 Å². The van der Waals surface area contributed by atoms with Crippen LogP contribution in [0.25, 0.3) is 0 Å². The Balaban J connectivity index is 2.35. The Kier molecular flexibility index (Phi) is 1.73. The van der Waals surface area contributed by atoms with Gasteiger partial charge in [-0.25, -0.2) is 0 Å². The number of fused-ring (bicyclic) bond motifs is 1. The van der Waals surface area contributed by atoms with Gasteiger partial charge in [-0.3, -0.25) is 4.79 Å². The van der Waals surface area contributed by atoms with Gasteiger partial charge >= 0.3 is 0 Å². The molecular formula is C8H11N3O2. The van der Waals surface area contributed by atoms with Gasteiger partial charge in [0.05, 0.1) is 0 Å². The first-order chi connectivity index (χ1) is 6.22. The van der Waals surface area contributed by atoms with Gasteiger partial charge < -0.3 is 20.4 Å². The van der Waals surface area contributed by atoms with Gasteiger partial charge in [0.25, 0.3) is 5.91 Å². The second kappa shape index (κ2) is 2.77. The predicted molar refractivity (Wildman–Crippen MR) is 47.5 cm³/mol. The Hall–Kier alpha value is -1.49. The van der Waals surface area contributed by atoms with Crippen molar-refractivity contribution in [1.82, 2.24) is 4.57 Å². The molecule has 0 bridgehead atoms. The topological polar surface area (TPSA) is 69.3 Å². The highest BCUT2D eigenvalue weighted by atomic mass is 16.5. The van der Waals surface area contributed by atoms with E-state index >= 15 is 0 Å². The number of anilines is 1. The van der Waals surface area contributed by atoms with E-state index in [4.69, 9.17) is 10.5 Å². The smallest absolute Gasteiger partial charge is 0.267 e. The van der Waals surface area contributed by atoms with Crippen LogP contribution in [0.5, 0.6) is 5.88 Å². The molecule has 0 radical (unpaired) electrons. The zero-order valence-corrected chi connectivity index (χ0v) is 7.28. The number of amides is 1. The molecule has 1 aliphatic rings. The summed E-state index contributed by atoms with van der Waals surface area (Å²) in [5.74, 6) is 0.483. The van der Waals surface area contributed by atoms with Gasteiger partial charge in [-0.1, -0.05) is 0 Å². The number of nitrogens with two attached hydrogens (primary N) is 1. The largest absolute Gasteiger partial charge is 0.463 e. The third kappa shape index (κ3) is 1.17. The summed E-state index contributed by atoms with van der Waals surface area (Å²) in [4.78, 5) is 11.3. The van der Waals surface area contributed by atoms with Crippen molar-refractivity contribution < 1.29 is 9.53 Å². The second-order valence-electron chi connectivity index (χ2n) is 2.98. The summed E-state index contributed by atoms with van der Waals surface area (Å²) in [6.07, 6.45) is 1.25. The molecule has 13 heavy (non-hydrogen) atoms. The van der Waals surface area contributed by atoms with Gasteiger partial charge in [-0.05, 0) is 6.07 Å². The van der Waals surface area contributed by atoms with E-state index in [1.54, 1.807) is 10.6 Å². The molecule has 0 spiro atoms. The first kappa shape index (κ1) is 8.12. The molecule has 5 nitrogen and oxygen atoms in total. The minimum Gasteiger partial charge on any atom is -0.463 e. The Morgan fingerprint density at radius 1 is 1.77 bits per heavy atom. The summed E-state index contributed by atoms with van der Waals surface area (Å²) >= 11 is 0. The van der Waals surface area contributed by atoms with Crippen molar-refractivity contribution in [3.63, 3.8) is 0 Å². The number of carbonyl (C=O) groups is 1. The van der Waals surface area contributed by atoms with Crippen molar-refractivity contribution in [1.29, 1.82) is 0 Å². The Morgan fingerprint density at radius 2 is 2.54 bits per heavy atom. The maximum absolute atomic E-state index is 11.3. The summed E-state index contributed by atoms with van der Waals surface area (Å²) in [5, 5.41) is 2.72. The number of ether oxygens (including phenoxy) is 1. The fraction of sp³-hybridized carbons (Fsp3) is 0.375. The molecule has 0 aromatic carbocycles. The summed E-state index contributed by atoms with van der Waals surface area (Å²) < 4.78 is 7.19. The Morgan fingerprint density at radius 3 is 3.23 bits per heavy atom. The van der Waals surface area contributed by atoms with Crippen LogP contribution >= 0.6 is 0 Å². The molecule has 1 aliphatic heterocycles. The van der Waals surface area contributed by atoms with Crippen LogP contribution in [-0.4, -0.2) is 23.1 Å².